The summed E-state index contributed by atoms with van der Waals surface area (Å²) in [4.78, 5) is 11.3. The highest BCUT2D eigenvalue weighted by molar-refractivity contribution is 7.89. The monoisotopic (exact) mass is 552 g/mol. The van der Waals surface area contributed by atoms with Gasteiger partial charge in [0.2, 0.25) is 10.0 Å². The van der Waals surface area contributed by atoms with Crippen LogP contribution in [-0.2, 0) is 10.0 Å². The molecule has 9 heteroatoms. The van der Waals surface area contributed by atoms with E-state index in [1.54, 1.807) is 0 Å². The maximum atomic E-state index is 13.2. The summed E-state index contributed by atoms with van der Waals surface area (Å²) in [5, 5.41) is 14.4. The summed E-state index contributed by atoms with van der Waals surface area (Å²) in [7, 11) is -3.74. The van der Waals surface area contributed by atoms with Crippen molar-refractivity contribution in [1.82, 2.24) is 9.46 Å². The van der Waals surface area contributed by atoms with Crippen molar-refractivity contribution in [2.45, 2.75) is 56.3 Å². The smallest absolute Gasteiger partial charge is 0.335 e. The lowest BCUT2D eigenvalue weighted by Gasteiger charge is -2.49. The third-order valence-corrected chi connectivity index (χ3v) is 10.4. The van der Waals surface area contributed by atoms with Crippen molar-refractivity contribution < 1.29 is 22.8 Å². The molecule has 6 rings (SSSR count). The number of aromatic carboxylic acids is 1. The van der Waals surface area contributed by atoms with Crippen LogP contribution in [0.1, 0.15) is 71.7 Å². The first-order valence-electron chi connectivity index (χ1n) is 12.9. The van der Waals surface area contributed by atoms with Crippen LogP contribution in [0.2, 0.25) is 5.02 Å². The molecule has 2 aliphatic carbocycles. The molecule has 0 bridgehead atoms. The van der Waals surface area contributed by atoms with Gasteiger partial charge in [-0.2, -0.15) is 4.31 Å². The molecule has 1 aliphatic heterocycles. The summed E-state index contributed by atoms with van der Waals surface area (Å²) in [5.74, 6) is 0.212. The Morgan fingerprint density at radius 2 is 1.87 bits per heavy atom. The molecule has 2 aromatic carbocycles. The molecule has 1 N–H and O–H groups in total. The zero-order chi connectivity index (χ0) is 26.7. The molecule has 3 fully saturated rings. The van der Waals surface area contributed by atoms with Crippen LogP contribution in [0.15, 0.2) is 57.5 Å². The number of carboxylic acids is 1. The van der Waals surface area contributed by atoms with E-state index in [4.69, 9.17) is 16.1 Å². The summed E-state index contributed by atoms with van der Waals surface area (Å²) in [6.07, 6.45) is 7.84. The first-order chi connectivity index (χ1) is 18.2. The van der Waals surface area contributed by atoms with Crippen molar-refractivity contribution >= 4 is 33.7 Å². The zero-order valence-corrected chi connectivity index (χ0v) is 22.7. The van der Waals surface area contributed by atoms with Gasteiger partial charge in [-0.25, -0.2) is 13.2 Å². The third kappa shape index (κ3) is 4.48. The summed E-state index contributed by atoms with van der Waals surface area (Å²) >= 11 is 6.58. The Balaban J connectivity index is 1.19. The Bertz CT molecular complexity index is 1530. The quantitative estimate of drug-likeness (QED) is 0.373. The second kappa shape index (κ2) is 9.36. The van der Waals surface area contributed by atoms with Gasteiger partial charge in [-0.1, -0.05) is 40.5 Å². The van der Waals surface area contributed by atoms with Crippen LogP contribution in [0.5, 0.6) is 0 Å². The van der Waals surface area contributed by atoms with Crippen molar-refractivity contribution in [3.8, 4) is 11.3 Å². The molecule has 3 aliphatic rings. The van der Waals surface area contributed by atoms with E-state index in [0.717, 1.165) is 66.7 Å². The van der Waals surface area contributed by atoms with Gasteiger partial charge in [0.1, 0.15) is 11.5 Å². The van der Waals surface area contributed by atoms with E-state index in [-0.39, 0.29) is 15.9 Å². The van der Waals surface area contributed by atoms with Gasteiger partial charge in [-0.15, -0.1) is 0 Å². The zero-order valence-electron chi connectivity index (χ0n) is 21.1. The number of hydrogen-bond acceptors (Lipinski definition) is 5. The molecule has 1 spiro atoms. The predicted octanol–water partition coefficient (Wildman–Crippen LogP) is 6.53. The Morgan fingerprint density at radius 3 is 2.53 bits per heavy atom. The normalized spacial score (nSPS) is 19.4. The average Bonchev–Trinajstić information content (AvgIpc) is 3.64. The molecule has 0 unspecified atom stereocenters. The maximum Gasteiger partial charge on any atom is 0.335 e. The molecular formula is C29H29ClN2O5S. The fraction of sp³-hybridized carbons (Fsp3) is 0.379. The number of hydrogen-bond donors (Lipinski definition) is 1. The molecule has 38 heavy (non-hydrogen) atoms. The first kappa shape index (κ1) is 25.3. The Kier molecular flexibility index (Phi) is 6.24. The number of sulfonamides is 1. The minimum absolute atomic E-state index is 0.0287. The molecule has 3 aromatic rings. The molecule has 198 valence electrons. The first-order valence-corrected chi connectivity index (χ1v) is 14.8. The van der Waals surface area contributed by atoms with Crippen LogP contribution in [0.4, 0.5) is 0 Å². The molecule has 1 saturated heterocycles. The van der Waals surface area contributed by atoms with Crippen LogP contribution in [-0.4, -0.2) is 42.0 Å². The van der Waals surface area contributed by atoms with E-state index in [2.05, 4.69) is 11.2 Å². The van der Waals surface area contributed by atoms with Gasteiger partial charge in [-0.3, -0.25) is 0 Å². The number of halogens is 1. The van der Waals surface area contributed by atoms with Crippen LogP contribution in [0, 0.1) is 12.3 Å². The molecule has 2 heterocycles. The highest BCUT2D eigenvalue weighted by Crippen LogP contribution is 2.54. The Hall–Kier alpha value is -2.94. The molecule has 0 atom stereocenters. The number of allylic oxidation sites excluding steroid dienone is 1. The number of benzene rings is 2. The number of carbonyl (C=O) groups is 1. The van der Waals surface area contributed by atoms with Crippen LogP contribution >= 0.6 is 11.6 Å². The lowest BCUT2D eigenvalue weighted by atomic mass is 9.60. The van der Waals surface area contributed by atoms with Gasteiger partial charge in [0, 0.05) is 30.1 Å². The van der Waals surface area contributed by atoms with Crippen LogP contribution < -0.4 is 0 Å². The summed E-state index contributed by atoms with van der Waals surface area (Å²) in [5.41, 5.74) is 5.19. The van der Waals surface area contributed by atoms with E-state index in [0.29, 0.717) is 24.0 Å². The van der Waals surface area contributed by atoms with Crippen molar-refractivity contribution in [3.63, 3.8) is 0 Å². The minimum Gasteiger partial charge on any atom is -0.478 e. The van der Waals surface area contributed by atoms with Gasteiger partial charge < -0.3 is 9.63 Å². The maximum absolute atomic E-state index is 13.2. The summed E-state index contributed by atoms with van der Waals surface area (Å²) < 4.78 is 33.7. The van der Waals surface area contributed by atoms with Gasteiger partial charge in [0.05, 0.1) is 15.5 Å². The Labute approximate surface area is 227 Å². The van der Waals surface area contributed by atoms with E-state index in [1.165, 1.54) is 34.1 Å². The Morgan fingerprint density at radius 1 is 1.16 bits per heavy atom. The number of aryl methyl sites for hydroxylation is 1. The highest BCUT2D eigenvalue weighted by atomic mass is 35.5. The van der Waals surface area contributed by atoms with Gasteiger partial charge in [0.15, 0.2) is 0 Å². The minimum atomic E-state index is -3.74. The van der Waals surface area contributed by atoms with Crippen molar-refractivity contribution in [2.24, 2.45) is 5.41 Å². The molecule has 7 nitrogen and oxygen atoms in total. The summed E-state index contributed by atoms with van der Waals surface area (Å²) in [6, 6.07) is 11.4. The predicted molar refractivity (Wildman–Crippen MR) is 145 cm³/mol. The SMILES string of the molecule is Cc1cccc(Cl)c1-c1noc(C2CC2)c1C=C1CC2(CCN(S(=O)(=O)c3cccc(C(=O)O)c3)CC2)C1. The van der Waals surface area contributed by atoms with Crippen molar-refractivity contribution in [3.05, 3.63) is 75.5 Å². The van der Waals surface area contributed by atoms with Crippen molar-refractivity contribution in [1.29, 1.82) is 0 Å². The fourth-order valence-electron chi connectivity index (χ4n) is 5.91. The number of nitrogens with zero attached hydrogens (tertiary/aromatic N) is 2. The largest absolute Gasteiger partial charge is 0.478 e. The van der Waals surface area contributed by atoms with Gasteiger partial charge in [-0.05, 0) is 86.8 Å². The van der Waals surface area contributed by atoms with Crippen LogP contribution in [0.3, 0.4) is 0 Å². The number of aromatic nitrogens is 1. The topological polar surface area (TPSA) is 101 Å². The standard InChI is InChI=1S/C29H29ClN2O5S/c1-18-4-2-7-24(30)25(18)26-23(27(37-31-26)20-8-9-20)14-19-16-29(17-19)10-12-32(13-11-29)38(35,36)22-6-3-5-21(15-22)28(33)34/h2-7,14-15,20H,8-13,16-17H2,1H3,(H,33,34). The second-order valence-corrected chi connectivity index (χ2v) is 13.3. The lowest BCUT2D eigenvalue weighted by Crippen LogP contribution is -2.46. The molecular weight excluding hydrogens is 524 g/mol. The number of rotatable bonds is 6. The fourth-order valence-corrected chi connectivity index (χ4v) is 7.71. The van der Waals surface area contributed by atoms with Crippen molar-refractivity contribution in [2.75, 3.05) is 13.1 Å². The third-order valence-electron chi connectivity index (χ3n) is 8.22. The van der Waals surface area contributed by atoms with E-state index in [9.17, 15) is 18.3 Å². The highest BCUT2D eigenvalue weighted by Gasteiger charge is 2.45. The number of carboxylic acid groups (broad SMARTS) is 1. The van der Waals surface area contributed by atoms with E-state index < -0.39 is 16.0 Å². The molecule has 2 saturated carbocycles. The lowest BCUT2D eigenvalue weighted by molar-refractivity contribution is 0.0696. The van der Waals surface area contributed by atoms with Crippen LogP contribution in [0.25, 0.3) is 17.3 Å². The average molecular weight is 553 g/mol. The molecule has 0 amide bonds. The van der Waals surface area contributed by atoms with E-state index in [1.807, 2.05) is 25.1 Å². The molecule has 0 radical (unpaired) electrons. The number of piperidine rings is 1. The van der Waals surface area contributed by atoms with Gasteiger partial charge in [0.25, 0.3) is 0 Å². The van der Waals surface area contributed by atoms with Gasteiger partial charge >= 0.3 is 5.97 Å². The van der Waals surface area contributed by atoms with E-state index >= 15 is 0 Å². The molecule has 1 aromatic heterocycles. The summed E-state index contributed by atoms with van der Waals surface area (Å²) in [6.45, 7) is 2.89. The second-order valence-electron chi connectivity index (χ2n) is 10.9.